The Bertz CT molecular complexity index is 194. The quantitative estimate of drug-likeness (QED) is 0.328. The Morgan fingerprint density at radius 3 is 2.27 bits per heavy atom. The number of unbranched alkanes of at least 4 members (excludes halogenated alkanes) is 1. The van der Waals surface area contributed by atoms with Crippen LogP contribution in [-0.4, -0.2) is 16.7 Å². The van der Waals surface area contributed by atoms with Crippen LogP contribution in [0.1, 0.15) is 60.3 Å². The van der Waals surface area contributed by atoms with Crippen LogP contribution >= 0.6 is 0 Å². The molecule has 0 aliphatic rings. The number of hydrogen-bond donors (Lipinski definition) is 1. The molecule has 0 heterocycles. The Morgan fingerprint density at radius 1 is 1.33 bits per heavy atom. The Labute approximate surface area is 93.5 Å². The summed E-state index contributed by atoms with van der Waals surface area (Å²) in [5, 5.41) is 12.2. The van der Waals surface area contributed by atoms with E-state index in [4.69, 9.17) is 9.94 Å². The minimum atomic E-state index is -0.290. The van der Waals surface area contributed by atoms with Crippen LogP contribution in [0.5, 0.6) is 0 Å². The zero-order valence-electron chi connectivity index (χ0n) is 10.7. The molecule has 1 N–H and O–H groups in total. The molecule has 3 nitrogen and oxygen atoms in total. The molecule has 0 fully saturated rings. The van der Waals surface area contributed by atoms with E-state index < -0.39 is 0 Å². The average molecular weight is 215 g/mol. The molecule has 0 aliphatic carbocycles. The van der Waals surface area contributed by atoms with Crippen molar-refractivity contribution in [3.63, 3.8) is 0 Å². The molecule has 0 spiro atoms. The lowest BCUT2D eigenvalue weighted by Gasteiger charge is -2.25. The lowest BCUT2D eigenvalue weighted by Crippen LogP contribution is -2.28. The lowest BCUT2D eigenvalue weighted by atomic mass is 9.99. The SMILES string of the molecule is CCCCC(CC)C(=NO)OC(C)(C)C. The molecule has 15 heavy (non-hydrogen) atoms. The zero-order chi connectivity index (χ0) is 11.9. The number of rotatable bonds is 5. The minimum absolute atomic E-state index is 0.245. The minimum Gasteiger partial charge on any atom is -0.473 e. The normalized spacial score (nSPS) is 15.1. The van der Waals surface area contributed by atoms with Crippen molar-refractivity contribution in [2.45, 2.75) is 65.9 Å². The monoisotopic (exact) mass is 215 g/mol. The second kappa shape index (κ2) is 6.70. The van der Waals surface area contributed by atoms with Crippen LogP contribution in [0.15, 0.2) is 5.16 Å². The maximum atomic E-state index is 8.95. The van der Waals surface area contributed by atoms with Crippen LogP contribution in [0.3, 0.4) is 0 Å². The van der Waals surface area contributed by atoms with E-state index in [0.29, 0.717) is 5.90 Å². The molecule has 90 valence electrons. The van der Waals surface area contributed by atoms with E-state index in [-0.39, 0.29) is 11.5 Å². The van der Waals surface area contributed by atoms with Gasteiger partial charge in [-0.25, -0.2) is 0 Å². The van der Waals surface area contributed by atoms with E-state index in [0.717, 1.165) is 25.7 Å². The summed E-state index contributed by atoms with van der Waals surface area (Å²) in [5.74, 6) is 0.729. The molecule has 0 saturated heterocycles. The molecule has 0 rings (SSSR count). The summed E-state index contributed by atoms with van der Waals surface area (Å²) in [6, 6.07) is 0. The van der Waals surface area contributed by atoms with Crippen molar-refractivity contribution in [2.75, 3.05) is 0 Å². The van der Waals surface area contributed by atoms with Gasteiger partial charge in [0.1, 0.15) is 5.60 Å². The predicted molar refractivity (Wildman–Crippen MR) is 63.4 cm³/mol. The third-order valence-electron chi connectivity index (χ3n) is 2.26. The number of ether oxygens (including phenoxy) is 1. The topological polar surface area (TPSA) is 41.8 Å². The van der Waals surface area contributed by atoms with E-state index in [2.05, 4.69) is 19.0 Å². The highest BCUT2D eigenvalue weighted by atomic mass is 16.5. The van der Waals surface area contributed by atoms with Gasteiger partial charge in [0.15, 0.2) is 0 Å². The van der Waals surface area contributed by atoms with Gasteiger partial charge >= 0.3 is 0 Å². The van der Waals surface area contributed by atoms with Crippen molar-refractivity contribution in [1.82, 2.24) is 0 Å². The second-order valence-electron chi connectivity index (χ2n) is 4.90. The molecule has 0 aromatic rings. The smallest absolute Gasteiger partial charge is 0.229 e. The molecule has 0 bridgehead atoms. The number of nitrogens with zero attached hydrogens (tertiary/aromatic N) is 1. The van der Waals surface area contributed by atoms with Crippen LogP contribution in [0.2, 0.25) is 0 Å². The van der Waals surface area contributed by atoms with Crippen LogP contribution < -0.4 is 0 Å². The molecule has 0 radical (unpaired) electrons. The van der Waals surface area contributed by atoms with Crippen LogP contribution in [-0.2, 0) is 4.74 Å². The first-order valence-corrected chi connectivity index (χ1v) is 5.85. The summed E-state index contributed by atoms with van der Waals surface area (Å²) in [7, 11) is 0. The first-order chi connectivity index (χ1) is 6.94. The van der Waals surface area contributed by atoms with Gasteiger partial charge < -0.3 is 9.94 Å². The molecule has 0 saturated carbocycles. The predicted octanol–water partition coefficient (Wildman–Crippen LogP) is 3.81. The third-order valence-corrected chi connectivity index (χ3v) is 2.26. The van der Waals surface area contributed by atoms with Crippen molar-refractivity contribution in [3.8, 4) is 0 Å². The lowest BCUT2D eigenvalue weighted by molar-refractivity contribution is 0.0937. The van der Waals surface area contributed by atoms with Gasteiger partial charge in [0.25, 0.3) is 0 Å². The first kappa shape index (κ1) is 14.3. The van der Waals surface area contributed by atoms with Gasteiger partial charge in [-0.1, -0.05) is 31.8 Å². The average Bonchev–Trinajstić information content (AvgIpc) is 2.15. The van der Waals surface area contributed by atoms with Crippen LogP contribution in [0.25, 0.3) is 0 Å². The number of oxime groups is 1. The standard InChI is InChI=1S/C12H25NO2/c1-6-8-9-10(7-2)11(13-14)15-12(3,4)5/h10,14H,6-9H2,1-5H3. The second-order valence-corrected chi connectivity index (χ2v) is 4.90. The van der Waals surface area contributed by atoms with Crippen molar-refractivity contribution < 1.29 is 9.94 Å². The van der Waals surface area contributed by atoms with Crippen LogP contribution in [0, 0.1) is 5.92 Å². The maximum Gasteiger partial charge on any atom is 0.229 e. The molecule has 0 aliphatic heterocycles. The van der Waals surface area contributed by atoms with Gasteiger partial charge in [-0.15, -0.1) is 0 Å². The fourth-order valence-corrected chi connectivity index (χ4v) is 1.45. The summed E-state index contributed by atoms with van der Waals surface area (Å²) in [5.41, 5.74) is -0.290. The fraction of sp³-hybridized carbons (Fsp3) is 0.917. The zero-order valence-corrected chi connectivity index (χ0v) is 10.7. The fourth-order valence-electron chi connectivity index (χ4n) is 1.45. The Morgan fingerprint density at radius 2 is 1.93 bits per heavy atom. The van der Waals surface area contributed by atoms with E-state index in [1.807, 2.05) is 20.8 Å². The first-order valence-electron chi connectivity index (χ1n) is 5.85. The summed E-state index contributed by atoms with van der Waals surface area (Å²) >= 11 is 0. The number of hydrogen-bond acceptors (Lipinski definition) is 3. The van der Waals surface area contributed by atoms with E-state index in [1.165, 1.54) is 0 Å². The van der Waals surface area contributed by atoms with Crippen molar-refractivity contribution in [1.29, 1.82) is 0 Å². The van der Waals surface area contributed by atoms with Crippen molar-refractivity contribution >= 4 is 5.90 Å². The van der Waals surface area contributed by atoms with Crippen LogP contribution in [0.4, 0.5) is 0 Å². The summed E-state index contributed by atoms with van der Waals surface area (Å²) < 4.78 is 5.64. The Kier molecular flexibility index (Phi) is 6.37. The van der Waals surface area contributed by atoms with E-state index in [1.54, 1.807) is 0 Å². The van der Waals surface area contributed by atoms with E-state index in [9.17, 15) is 0 Å². The molecule has 1 unspecified atom stereocenters. The summed E-state index contributed by atoms with van der Waals surface area (Å²) in [4.78, 5) is 0. The van der Waals surface area contributed by atoms with E-state index >= 15 is 0 Å². The Balaban J connectivity index is 4.36. The highest BCUT2D eigenvalue weighted by Crippen LogP contribution is 2.19. The van der Waals surface area contributed by atoms with Gasteiger partial charge in [-0.05, 0) is 33.6 Å². The highest BCUT2D eigenvalue weighted by Gasteiger charge is 2.22. The molecular formula is C12H25NO2. The third kappa shape index (κ3) is 6.37. The van der Waals surface area contributed by atoms with Gasteiger partial charge in [0.05, 0.1) is 0 Å². The molecule has 0 amide bonds. The molecule has 1 atom stereocenters. The summed E-state index contributed by atoms with van der Waals surface area (Å²) in [6.45, 7) is 10.1. The molecule has 0 aromatic carbocycles. The van der Waals surface area contributed by atoms with Crippen molar-refractivity contribution in [3.05, 3.63) is 0 Å². The molecule has 0 aromatic heterocycles. The molecule has 3 heteroatoms. The van der Waals surface area contributed by atoms with Gasteiger partial charge in [0, 0.05) is 5.92 Å². The molecular weight excluding hydrogens is 190 g/mol. The van der Waals surface area contributed by atoms with Gasteiger partial charge in [-0.3, -0.25) is 0 Å². The van der Waals surface area contributed by atoms with Crippen molar-refractivity contribution in [2.24, 2.45) is 11.1 Å². The van der Waals surface area contributed by atoms with Gasteiger partial charge in [0.2, 0.25) is 5.90 Å². The summed E-state index contributed by atoms with van der Waals surface area (Å²) in [6.07, 6.45) is 4.29. The maximum absolute atomic E-state index is 8.95. The van der Waals surface area contributed by atoms with Gasteiger partial charge in [-0.2, -0.15) is 0 Å². The highest BCUT2D eigenvalue weighted by molar-refractivity contribution is 5.78. The Hall–Kier alpha value is -0.730. The largest absolute Gasteiger partial charge is 0.473 e.